The third-order valence-electron chi connectivity index (χ3n) is 4.03. The van der Waals surface area contributed by atoms with Crippen LogP contribution in [0, 0.1) is 11.3 Å². The van der Waals surface area contributed by atoms with E-state index in [9.17, 15) is 14.4 Å². The first kappa shape index (κ1) is 19.4. The Morgan fingerprint density at radius 2 is 2.08 bits per heavy atom. The van der Waals surface area contributed by atoms with Gasteiger partial charge in [0.05, 0.1) is 12.5 Å². The maximum Gasteiger partial charge on any atom is 0.306 e. The zero-order valence-corrected chi connectivity index (χ0v) is 15.2. The number of esters is 1. The average Bonchev–Trinajstić information content (AvgIpc) is 2.82. The van der Waals surface area contributed by atoms with Gasteiger partial charge in [0.2, 0.25) is 5.91 Å². The molecule has 0 bridgehead atoms. The molecule has 1 aromatic rings. The van der Waals surface area contributed by atoms with Gasteiger partial charge in [-0.1, -0.05) is 12.1 Å². The van der Waals surface area contributed by atoms with Crippen molar-refractivity contribution < 1.29 is 19.1 Å². The van der Waals surface area contributed by atoms with Crippen LogP contribution in [-0.2, 0) is 27.3 Å². The lowest BCUT2D eigenvalue weighted by Gasteiger charge is -2.25. The summed E-state index contributed by atoms with van der Waals surface area (Å²) in [6.07, 6.45) is 0.346. The molecule has 1 unspecified atom stereocenters. The number of carbonyl (C=O) groups is 3. The Balaban J connectivity index is 2.11. The molecule has 1 aliphatic heterocycles. The minimum atomic E-state index is -0.887. The summed E-state index contributed by atoms with van der Waals surface area (Å²) in [5, 5.41) is 8.80. The van der Waals surface area contributed by atoms with Gasteiger partial charge < -0.3 is 15.4 Å². The number of hydrogen-bond acceptors (Lipinski definition) is 5. The molecule has 0 saturated carbocycles. The van der Waals surface area contributed by atoms with Crippen LogP contribution in [-0.4, -0.2) is 34.3 Å². The lowest BCUT2D eigenvalue weighted by molar-refractivity contribution is -0.155. The number of nitrogens with two attached hydrogens (primary N) is 1. The molecule has 2 amide bonds. The number of benzene rings is 1. The van der Waals surface area contributed by atoms with Crippen molar-refractivity contribution in [3.8, 4) is 6.07 Å². The van der Waals surface area contributed by atoms with Gasteiger partial charge in [-0.3, -0.25) is 14.4 Å². The number of nitriles is 1. The maximum atomic E-state index is 12.6. The molecule has 0 radical (unpaired) electrons. The van der Waals surface area contributed by atoms with E-state index in [1.807, 2.05) is 0 Å². The smallest absolute Gasteiger partial charge is 0.306 e. The quantitative estimate of drug-likeness (QED) is 0.778. The summed E-state index contributed by atoms with van der Waals surface area (Å²) < 4.78 is 5.24. The van der Waals surface area contributed by atoms with E-state index in [1.54, 1.807) is 39.0 Å². The maximum absolute atomic E-state index is 12.6. The summed E-state index contributed by atoms with van der Waals surface area (Å²) in [7, 11) is 0. The summed E-state index contributed by atoms with van der Waals surface area (Å²) in [4.78, 5) is 37.8. The van der Waals surface area contributed by atoms with E-state index in [-0.39, 0.29) is 31.7 Å². The molecule has 0 aliphatic carbocycles. The summed E-state index contributed by atoms with van der Waals surface area (Å²) >= 11 is 0. The number of carbonyl (C=O) groups excluding carboxylic acids is 3. The minimum Gasteiger partial charge on any atom is -0.460 e. The Bertz CT molecular complexity index is 774. The van der Waals surface area contributed by atoms with Crippen LogP contribution < -0.4 is 5.73 Å². The van der Waals surface area contributed by atoms with E-state index in [0.29, 0.717) is 5.56 Å². The normalized spacial score (nSPS) is 14.5. The molecule has 1 aliphatic rings. The van der Waals surface area contributed by atoms with Crippen molar-refractivity contribution in [1.82, 2.24) is 4.90 Å². The molecule has 1 heterocycles. The molecule has 2 rings (SSSR count). The van der Waals surface area contributed by atoms with Gasteiger partial charge in [-0.2, -0.15) is 5.26 Å². The van der Waals surface area contributed by atoms with Crippen molar-refractivity contribution in [2.75, 3.05) is 0 Å². The lowest BCUT2D eigenvalue weighted by Crippen LogP contribution is -2.45. The summed E-state index contributed by atoms with van der Waals surface area (Å²) in [5.74, 6) is -1.40. The van der Waals surface area contributed by atoms with Crippen LogP contribution in [0.4, 0.5) is 0 Å². The molecule has 7 nitrogen and oxygen atoms in total. The predicted octanol–water partition coefficient (Wildman–Crippen LogP) is 1.68. The van der Waals surface area contributed by atoms with Gasteiger partial charge >= 0.3 is 5.97 Å². The highest BCUT2D eigenvalue weighted by atomic mass is 16.6. The number of rotatable bonds is 6. The molecule has 1 aromatic carbocycles. The molecule has 2 N–H and O–H groups in total. The fourth-order valence-electron chi connectivity index (χ4n) is 2.95. The Labute approximate surface area is 152 Å². The predicted molar refractivity (Wildman–Crippen MR) is 93.7 cm³/mol. The van der Waals surface area contributed by atoms with Gasteiger partial charge in [-0.25, -0.2) is 0 Å². The highest BCUT2D eigenvalue weighted by molar-refractivity contribution is 6.01. The third-order valence-corrected chi connectivity index (χ3v) is 4.03. The van der Waals surface area contributed by atoms with E-state index in [0.717, 1.165) is 11.1 Å². The van der Waals surface area contributed by atoms with Crippen LogP contribution in [0.15, 0.2) is 18.2 Å². The molecule has 1 atom stereocenters. The fourth-order valence-corrected chi connectivity index (χ4v) is 2.95. The number of ether oxygens (including phenoxy) is 1. The highest BCUT2D eigenvalue weighted by Gasteiger charge is 2.36. The number of primary amides is 1. The van der Waals surface area contributed by atoms with Crippen molar-refractivity contribution in [3.63, 3.8) is 0 Å². The van der Waals surface area contributed by atoms with Gasteiger partial charge in [0.1, 0.15) is 11.6 Å². The summed E-state index contributed by atoms with van der Waals surface area (Å²) in [6, 6.07) is 6.36. The van der Waals surface area contributed by atoms with Gasteiger partial charge in [-0.05, 0) is 44.4 Å². The molecule has 0 spiro atoms. The Kier molecular flexibility index (Phi) is 5.66. The molecule has 7 heteroatoms. The van der Waals surface area contributed by atoms with Crippen molar-refractivity contribution in [2.45, 2.75) is 58.2 Å². The fraction of sp³-hybridized carbons (Fsp3) is 0.474. The first-order chi connectivity index (χ1) is 12.1. The van der Waals surface area contributed by atoms with Gasteiger partial charge in [0.15, 0.2) is 0 Å². The number of hydrogen-bond donors (Lipinski definition) is 1. The van der Waals surface area contributed by atoms with Crippen LogP contribution in [0.5, 0.6) is 0 Å². The van der Waals surface area contributed by atoms with Crippen LogP contribution in [0.25, 0.3) is 0 Å². The number of nitrogens with zero attached hydrogens (tertiary/aromatic N) is 2. The second-order valence-corrected chi connectivity index (χ2v) is 7.30. The molecule has 0 saturated heterocycles. The third kappa shape index (κ3) is 4.60. The second-order valence-electron chi connectivity index (χ2n) is 7.30. The molecule has 138 valence electrons. The van der Waals surface area contributed by atoms with Crippen LogP contribution in [0.3, 0.4) is 0 Å². The second kappa shape index (κ2) is 7.56. The largest absolute Gasteiger partial charge is 0.460 e. The minimum absolute atomic E-state index is 0.00924. The van der Waals surface area contributed by atoms with Crippen LogP contribution in [0.1, 0.15) is 55.1 Å². The Hall–Kier alpha value is -2.88. The molecule has 26 heavy (non-hydrogen) atoms. The molecule has 0 aromatic heterocycles. The molecule has 0 fully saturated rings. The topological polar surface area (TPSA) is 113 Å². The number of fused-ring (bicyclic) bond motifs is 1. The van der Waals surface area contributed by atoms with Crippen molar-refractivity contribution in [2.24, 2.45) is 5.73 Å². The number of amides is 2. The van der Waals surface area contributed by atoms with Gasteiger partial charge in [0.25, 0.3) is 5.91 Å². The Morgan fingerprint density at radius 3 is 2.65 bits per heavy atom. The molecular weight excluding hydrogens is 334 g/mol. The van der Waals surface area contributed by atoms with Crippen molar-refractivity contribution in [3.05, 3.63) is 34.9 Å². The van der Waals surface area contributed by atoms with Crippen molar-refractivity contribution in [1.29, 1.82) is 5.26 Å². The first-order valence-electron chi connectivity index (χ1n) is 8.43. The standard InChI is InChI=1S/C19H23N3O4/c1-19(2,3)26-16(23)7-6-15(17(21)24)22-11-13-10-12(8-9-20)4-5-14(13)18(22)25/h4-5,10,15H,6-8,11H2,1-3H3,(H2,21,24). The summed E-state index contributed by atoms with van der Waals surface area (Å²) in [6.45, 7) is 5.51. The zero-order chi connectivity index (χ0) is 19.5. The van der Waals surface area contributed by atoms with Gasteiger partial charge in [-0.15, -0.1) is 0 Å². The SMILES string of the molecule is CC(C)(C)OC(=O)CCC(C(N)=O)N1Cc2cc(CC#N)ccc2C1=O. The molecular formula is C19H23N3O4. The van der Waals surface area contributed by atoms with Gasteiger partial charge in [0, 0.05) is 18.5 Å². The zero-order valence-electron chi connectivity index (χ0n) is 15.2. The van der Waals surface area contributed by atoms with E-state index in [4.69, 9.17) is 15.7 Å². The average molecular weight is 357 g/mol. The first-order valence-corrected chi connectivity index (χ1v) is 8.43. The highest BCUT2D eigenvalue weighted by Crippen LogP contribution is 2.27. The van der Waals surface area contributed by atoms with Crippen LogP contribution >= 0.6 is 0 Å². The monoisotopic (exact) mass is 357 g/mol. The summed E-state index contributed by atoms with van der Waals surface area (Å²) in [5.41, 5.74) is 6.92. The van der Waals surface area contributed by atoms with Crippen LogP contribution in [0.2, 0.25) is 0 Å². The van der Waals surface area contributed by atoms with E-state index < -0.39 is 23.5 Å². The Morgan fingerprint density at radius 1 is 1.38 bits per heavy atom. The lowest BCUT2D eigenvalue weighted by atomic mass is 10.0. The van der Waals surface area contributed by atoms with Crippen molar-refractivity contribution >= 4 is 17.8 Å². The van der Waals surface area contributed by atoms with E-state index >= 15 is 0 Å². The van der Waals surface area contributed by atoms with E-state index in [2.05, 4.69) is 6.07 Å². The van der Waals surface area contributed by atoms with E-state index in [1.165, 1.54) is 4.90 Å².